The van der Waals surface area contributed by atoms with E-state index in [-0.39, 0.29) is 0 Å². The number of aromatic amines is 1. The van der Waals surface area contributed by atoms with E-state index in [2.05, 4.69) is 25.9 Å². The normalized spacial score (nSPS) is 10.8. The standard InChI is InChI=1S/C19H13BrN2O/c20-14-7-11-16(12-8-14)23-15-9-5-13(6-10-15)19-21-17-3-1-2-4-18(17)22-19/h1-12H,(H,21,22). The van der Waals surface area contributed by atoms with Crippen molar-refractivity contribution in [2.45, 2.75) is 0 Å². The molecule has 0 aliphatic rings. The summed E-state index contributed by atoms with van der Waals surface area (Å²) in [5.74, 6) is 2.47. The lowest BCUT2D eigenvalue weighted by Crippen LogP contribution is -1.85. The number of imidazole rings is 1. The van der Waals surface area contributed by atoms with E-state index in [4.69, 9.17) is 4.74 Å². The van der Waals surface area contributed by atoms with Crippen molar-refractivity contribution in [2.24, 2.45) is 0 Å². The lowest BCUT2D eigenvalue weighted by molar-refractivity contribution is 0.482. The fraction of sp³-hybridized carbons (Fsp3) is 0. The zero-order chi connectivity index (χ0) is 15.6. The van der Waals surface area contributed by atoms with Gasteiger partial charge in [-0.1, -0.05) is 28.1 Å². The highest BCUT2D eigenvalue weighted by molar-refractivity contribution is 9.10. The van der Waals surface area contributed by atoms with Crippen LogP contribution in [0.15, 0.2) is 77.3 Å². The van der Waals surface area contributed by atoms with Gasteiger partial charge in [-0.15, -0.1) is 0 Å². The summed E-state index contributed by atoms with van der Waals surface area (Å²) >= 11 is 3.41. The second-order valence-electron chi connectivity index (χ2n) is 5.18. The van der Waals surface area contributed by atoms with Crippen molar-refractivity contribution < 1.29 is 4.74 Å². The minimum absolute atomic E-state index is 0.798. The number of aromatic nitrogens is 2. The number of hydrogen-bond acceptors (Lipinski definition) is 2. The van der Waals surface area contributed by atoms with E-state index in [0.717, 1.165) is 38.4 Å². The van der Waals surface area contributed by atoms with Crippen LogP contribution >= 0.6 is 15.9 Å². The molecule has 4 heteroatoms. The van der Waals surface area contributed by atoms with Gasteiger partial charge in [0.05, 0.1) is 11.0 Å². The summed E-state index contributed by atoms with van der Waals surface area (Å²) in [5.41, 5.74) is 3.04. The number of benzene rings is 3. The maximum absolute atomic E-state index is 5.83. The first-order valence-electron chi connectivity index (χ1n) is 7.26. The highest BCUT2D eigenvalue weighted by atomic mass is 79.9. The number of hydrogen-bond donors (Lipinski definition) is 1. The number of para-hydroxylation sites is 2. The molecule has 0 saturated heterocycles. The van der Waals surface area contributed by atoms with Crippen LogP contribution in [-0.4, -0.2) is 9.97 Å². The zero-order valence-corrected chi connectivity index (χ0v) is 13.7. The Morgan fingerprint density at radius 3 is 2.13 bits per heavy atom. The number of halogens is 1. The largest absolute Gasteiger partial charge is 0.457 e. The van der Waals surface area contributed by atoms with Gasteiger partial charge in [0.25, 0.3) is 0 Å². The quantitative estimate of drug-likeness (QED) is 0.499. The van der Waals surface area contributed by atoms with Crippen LogP contribution in [0.4, 0.5) is 0 Å². The average molecular weight is 365 g/mol. The van der Waals surface area contributed by atoms with E-state index in [1.165, 1.54) is 0 Å². The van der Waals surface area contributed by atoms with E-state index in [9.17, 15) is 0 Å². The number of ether oxygens (including phenoxy) is 1. The molecule has 23 heavy (non-hydrogen) atoms. The molecule has 0 spiro atoms. The number of H-pyrrole nitrogens is 1. The second kappa shape index (κ2) is 5.89. The Morgan fingerprint density at radius 2 is 1.43 bits per heavy atom. The molecule has 0 amide bonds. The van der Waals surface area contributed by atoms with Crippen LogP contribution in [-0.2, 0) is 0 Å². The first-order chi connectivity index (χ1) is 11.3. The van der Waals surface area contributed by atoms with Gasteiger partial charge in [-0.05, 0) is 60.7 Å². The highest BCUT2D eigenvalue weighted by Crippen LogP contribution is 2.26. The minimum atomic E-state index is 0.798. The molecule has 1 aromatic heterocycles. The molecule has 0 radical (unpaired) electrons. The van der Waals surface area contributed by atoms with Crippen LogP contribution in [0.25, 0.3) is 22.4 Å². The third-order valence-electron chi connectivity index (χ3n) is 3.57. The van der Waals surface area contributed by atoms with Gasteiger partial charge in [-0.2, -0.15) is 0 Å². The van der Waals surface area contributed by atoms with Crippen molar-refractivity contribution in [3.05, 3.63) is 77.3 Å². The second-order valence-corrected chi connectivity index (χ2v) is 6.10. The van der Waals surface area contributed by atoms with E-state index < -0.39 is 0 Å². The molecule has 1 N–H and O–H groups in total. The molecule has 1 heterocycles. The van der Waals surface area contributed by atoms with Gasteiger partial charge < -0.3 is 9.72 Å². The van der Waals surface area contributed by atoms with Crippen LogP contribution in [0.1, 0.15) is 0 Å². The van der Waals surface area contributed by atoms with Gasteiger partial charge in [-0.3, -0.25) is 0 Å². The molecule has 0 bridgehead atoms. The number of rotatable bonds is 3. The Balaban J connectivity index is 1.58. The Kier molecular flexibility index (Phi) is 3.60. The number of fused-ring (bicyclic) bond motifs is 1. The van der Waals surface area contributed by atoms with Crippen molar-refractivity contribution >= 4 is 27.0 Å². The summed E-state index contributed by atoms with van der Waals surface area (Å²) < 4.78 is 6.86. The van der Waals surface area contributed by atoms with Gasteiger partial charge in [0.1, 0.15) is 17.3 Å². The molecule has 0 atom stereocenters. The lowest BCUT2D eigenvalue weighted by Gasteiger charge is -2.06. The minimum Gasteiger partial charge on any atom is -0.457 e. The summed E-state index contributed by atoms with van der Waals surface area (Å²) in [6.07, 6.45) is 0. The predicted molar refractivity (Wildman–Crippen MR) is 95.7 cm³/mol. The van der Waals surface area contributed by atoms with E-state index >= 15 is 0 Å². The summed E-state index contributed by atoms with van der Waals surface area (Å²) in [5, 5.41) is 0. The van der Waals surface area contributed by atoms with E-state index in [1.54, 1.807) is 0 Å². The molecule has 0 unspecified atom stereocenters. The van der Waals surface area contributed by atoms with Crippen LogP contribution in [0.5, 0.6) is 11.5 Å². The summed E-state index contributed by atoms with van der Waals surface area (Å²) in [6, 6.07) is 23.7. The van der Waals surface area contributed by atoms with E-state index in [1.807, 2.05) is 72.8 Å². The van der Waals surface area contributed by atoms with Crippen LogP contribution in [0, 0.1) is 0 Å². The smallest absolute Gasteiger partial charge is 0.138 e. The van der Waals surface area contributed by atoms with Crippen LogP contribution < -0.4 is 4.74 Å². The maximum atomic E-state index is 5.83. The molecule has 0 aliphatic heterocycles. The molecule has 3 nitrogen and oxygen atoms in total. The number of nitrogens with one attached hydrogen (secondary N) is 1. The molecule has 0 fully saturated rings. The Bertz CT molecular complexity index is 910. The Hall–Kier alpha value is -2.59. The third kappa shape index (κ3) is 2.98. The van der Waals surface area contributed by atoms with Gasteiger partial charge in [0, 0.05) is 10.0 Å². The fourth-order valence-electron chi connectivity index (χ4n) is 2.41. The molecular formula is C19H13BrN2O. The maximum Gasteiger partial charge on any atom is 0.138 e. The van der Waals surface area contributed by atoms with Crippen LogP contribution in [0.2, 0.25) is 0 Å². The third-order valence-corrected chi connectivity index (χ3v) is 4.10. The van der Waals surface area contributed by atoms with Crippen molar-refractivity contribution in [1.82, 2.24) is 9.97 Å². The van der Waals surface area contributed by atoms with Crippen LogP contribution in [0.3, 0.4) is 0 Å². The first kappa shape index (κ1) is 14.0. The first-order valence-corrected chi connectivity index (χ1v) is 8.06. The van der Waals surface area contributed by atoms with Gasteiger partial charge in [0.2, 0.25) is 0 Å². The average Bonchev–Trinajstić information content (AvgIpc) is 3.02. The molecule has 3 aromatic carbocycles. The SMILES string of the molecule is Brc1ccc(Oc2ccc(-c3nc4ccccc4[nH]3)cc2)cc1. The predicted octanol–water partition coefficient (Wildman–Crippen LogP) is 5.78. The van der Waals surface area contributed by atoms with Crippen molar-refractivity contribution in [3.8, 4) is 22.9 Å². The molecule has 0 saturated carbocycles. The summed E-state index contributed by atoms with van der Waals surface area (Å²) in [6.45, 7) is 0. The summed E-state index contributed by atoms with van der Waals surface area (Å²) in [4.78, 5) is 7.93. The van der Waals surface area contributed by atoms with Crippen molar-refractivity contribution in [1.29, 1.82) is 0 Å². The van der Waals surface area contributed by atoms with Crippen molar-refractivity contribution in [2.75, 3.05) is 0 Å². The zero-order valence-electron chi connectivity index (χ0n) is 12.2. The van der Waals surface area contributed by atoms with Gasteiger partial charge in [0.15, 0.2) is 0 Å². The fourth-order valence-corrected chi connectivity index (χ4v) is 2.67. The monoisotopic (exact) mass is 364 g/mol. The lowest BCUT2D eigenvalue weighted by atomic mass is 10.2. The Morgan fingerprint density at radius 1 is 0.783 bits per heavy atom. The van der Waals surface area contributed by atoms with Crippen molar-refractivity contribution in [3.63, 3.8) is 0 Å². The highest BCUT2D eigenvalue weighted by Gasteiger charge is 2.05. The molecule has 112 valence electrons. The summed E-state index contributed by atoms with van der Waals surface area (Å²) in [7, 11) is 0. The molecule has 4 rings (SSSR count). The number of nitrogens with zero attached hydrogens (tertiary/aromatic N) is 1. The Labute approximate surface area is 142 Å². The van der Waals surface area contributed by atoms with E-state index in [0.29, 0.717) is 0 Å². The molecule has 0 aliphatic carbocycles. The van der Waals surface area contributed by atoms with Gasteiger partial charge >= 0.3 is 0 Å². The molecule has 4 aromatic rings. The topological polar surface area (TPSA) is 37.9 Å². The molecular weight excluding hydrogens is 352 g/mol. The van der Waals surface area contributed by atoms with Gasteiger partial charge in [-0.25, -0.2) is 4.98 Å².